The lowest BCUT2D eigenvalue weighted by atomic mass is 9.81. The highest BCUT2D eigenvalue weighted by molar-refractivity contribution is 5.98. The summed E-state index contributed by atoms with van der Waals surface area (Å²) in [6, 6.07) is 7.74. The van der Waals surface area contributed by atoms with Crippen LogP contribution >= 0.6 is 0 Å². The van der Waals surface area contributed by atoms with Gasteiger partial charge in [-0.25, -0.2) is 0 Å². The van der Waals surface area contributed by atoms with Crippen molar-refractivity contribution in [2.45, 2.75) is 25.9 Å². The number of fused-ring (bicyclic) bond motifs is 1. The van der Waals surface area contributed by atoms with Crippen LogP contribution in [0, 0.1) is 5.41 Å². The molecule has 108 valence electrons. The van der Waals surface area contributed by atoms with Crippen LogP contribution in [0.15, 0.2) is 24.3 Å². The number of rotatable bonds is 4. The fraction of sp³-hybridized carbons (Fsp3) is 0.467. The summed E-state index contributed by atoms with van der Waals surface area (Å²) in [4.78, 5) is 23.3. The van der Waals surface area contributed by atoms with E-state index in [1.54, 1.807) is 0 Å². The van der Waals surface area contributed by atoms with Crippen LogP contribution in [-0.4, -0.2) is 30.8 Å². The van der Waals surface area contributed by atoms with E-state index in [0.29, 0.717) is 6.61 Å². The Hall–Kier alpha value is -1.88. The van der Waals surface area contributed by atoms with Gasteiger partial charge in [0, 0.05) is 6.42 Å². The van der Waals surface area contributed by atoms with Crippen molar-refractivity contribution in [2.24, 2.45) is 5.41 Å². The summed E-state index contributed by atoms with van der Waals surface area (Å²) in [5.41, 5.74) is 0.487. The van der Waals surface area contributed by atoms with Gasteiger partial charge >= 0.3 is 11.9 Å². The monoisotopic (exact) mass is 278 g/mol. The summed E-state index contributed by atoms with van der Waals surface area (Å²) < 4.78 is 10.3. The van der Waals surface area contributed by atoms with Crippen LogP contribution in [-0.2, 0) is 25.5 Å². The average molecular weight is 278 g/mol. The quantitative estimate of drug-likeness (QED) is 0.673. The number of carboxylic acid groups (broad SMARTS) is 1. The summed E-state index contributed by atoms with van der Waals surface area (Å²) in [6.45, 7) is 1.90. The number of carbonyl (C=O) groups excluding carboxylic acids is 1. The Bertz CT molecular complexity index is 525. The summed E-state index contributed by atoms with van der Waals surface area (Å²) in [5, 5.41) is 9.36. The molecule has 5 nitrogen and oxygen atoms in total. The molecule has 2 unspecified atom stereocenters. The molecule has 0 radical (unpaired) electrons. The van der Waals surface area contributed by atoms with Gasteiger partial charge in [0.2, 0.25) is 0 Å². The number of hydrogen-bond donors (Lipinski definition) is 1. The van der Waals surface area contributed by atoms with Crippen molar-refractivity contribution in [1.29, 1.82) is 0 Å². The lowest BCUT2D eigenvalue weighted by Crippen LogP contribution is -2.39. The molecule has 0 amide bonds. The third-order valence-electron chi connectivity index (χ3n) is 3.79. The Morgan fingerprint density at radius 2 is 2.15 bits per heavy atom. The van der Waals surface area contributed by atoms with E-state index < -0.39 is 23.5 Å². The maximum Gasteiger partial charge on any atom is 0.323 e. The van der Waals surface area contributed by atoms with E-state index in [1.807, 2.05) is 24.3 Å². The molecule has 1 heterocycles. The van der Waals surface area contributed by atoms with Crippen LogP contribution < -0.4 is 0 Å². The Kier molecular flexibility index (Phi) is 4.09. The molecular weight excluding hydrogens is 260 g/mol. The first-order valence-electron chi connectivity index (χ1n) is 6.50. The van der Waals surface area contributed by atoms with Crippen LogP contribution in [0.3, 0.4) is 0 Å². The van der Waals surface area contributed by atoms with Gasteiger partial charge in [0.1, 0.15) is 0 Å². The highest BCUT2D eigenvalue weighted by Gasteiger charge is 2.45. The Balaban J connectivity index is 2.29. The smallest absolute Gasteiger partial charge is 0.323 e. The molecule has 1 aromatic carbocycles. The number of hydrogen-bond acceptors (Lipinski definition) is 4. The van der Waals surface area contributed by atoms with Gasteiger partial charge in [-0.2, -0.15) is 0 Å². The second-order valence-electron chi connectivity index (χ2n) is 5.14. The molecule has 0 aromatic heterocycles. The lowest BCUT2D eigenvalue weighted by Gasteiger charge is -2.31. The van der Waals surface area contributed by atoms with Gasteiger partial charge in [0.25, 0.3) is 0 Å². The van der Waals surface area contributed by atoms with Crippen LogP contribution in [0.5, 0.6) is 0 Å². The van der Waals surface area contributed by atoms with E-state index in [-0.39, 0.29) is 6.42 Å². The Morgan fingerprint density at radius 3 is 2.80 bits per heavy atom. The molecular formula is C15H18O5. The highest BCUT2D eigenvalue weighted by atomic mass is 16.5. The number of benzene rings is 1. The number of methoxy groups -OCH3 is 1. The van der Waals surface area contributed by atoms with Crippen molar-refractivity contribution in [1.82, 2.24) is 0 Å². The SMILES string of the molecule is COC(=O)C(C)(CC1OCCc2ccccc21)C(=O)O. The maximum absolute atomic E-state index is 11.8. The number of aliphatic carboxylic acids is 1. The van der Waals surface area contributed by atoms with Gasteiger partial charge < -0.3 is 14.6 Å². The molecule has 0 bridgehead atoms. The standard InChI is InChI=1S/C15H18O5/c1-15(13(16)17,14(18)19-2)9-12-11-6-4-3-5-10(11)7-8-20-12/h3-6,12H,7-9H2,1-2H3,(H,16,17). The normalized spacial score (nSPS) is 20.6. The predicted octanol–water partition coefficient (Wildman–Crippen LogP) is 1.95. The first-order chi connectivity index (χ1) is 9.49. The van der Waals surface area contributed by atoms with Gasteiger partial charge in [0.05, 0.1) is 19.8 Å². The molecule has 0 aliphatic carbocycles. The second kappa shape index (κ2) is 5.63. The third kappa shape index (κ3) is 2.54. The fourth-order valence-corrected chi connectivity index (χ4v) is 2.50. The van der Waals surface area contributed by atoms with E-state index in [9.17, 15) is 14.7 Å². The molecule has 2 atom stereocenters. The third-order valence-corrected chi connectivity index (χ3v) is 3.79. The number of ether oxygens (including phenoxy) is 2. The van der Waals surface area contributed by atoms with Crippen molar-refractivity contribution in [2.75, 3.05) is 13.7 Å². The zero-order valence-electron chi connectivity index (χ0n) is 11.6. The predicted molar refractivity (Wildman–Crippen MR) is 71.2 cm³/mol. The van der Waals surface area contributed by atoms with Crippen molar-refractivity contribution in [3.05, 3.63) is 35.4 Å². The van der Waals surface area contributed by atoms with E-state index in [2.05, 4.69) is 4.74 Å². The lowest BCUT2D eigenvalue weighted by molar-refractivity contribution is -0.169. The van der Waals surface area contributed by atoms with Crippen molar-refractivity contribution >= 4 is 11.9 Å². The number of esters is 1. The van der Waals surface area contributed by atoms with Gasteiger partial charge in [-0.3, -0.25) is 9.59 Å². The van der Waals surface area contributed by atoms with Gasteiger partial charge in [-0.15, -0.1) is 0 Å². The molecule has 20 heavy (non-hydrogen) atoms. The van der Waals surface area contributed by atoms with E-state index in [4.69, 9.17) is 4.74 Å². The summed E-state index contributed by atoms with van der Waals surface area (Å²) in [5.74, 6) is -1.95. The molecule has 0 fully saturated rings. The largest absolute Gasteiger partial charge is 0.480 e. The average Bonchev–Trinajstić information content (AvgIpc) is 2.46. The zero-order chi connectivity index (χ0) is 14.8. The highest BCUT2D eigenvalue weighted by Crippen LogP contribution is 2.37. The van der Waals surface area contributed by atoms with E-state index in [0.717, 1.165) is 17.5 Å². The fourth-order valence-electron chi connectivity index (χ4n) is 2.50. The van der Waals surface area contributed by atoms with E-state index >= 15 is 0 Å². The van der Waals surface area contributed by atoms with Crippen LogP contribution in [0.2, 0.25) is 0 Å². The van der Waals surface area contributed by atoms with E-state index in [1.165, 1.54) is 14.0 Å². The zero-order valence-corrected chi connectivity index (χ0v) is 11.6. The topological polar surface area (TPSA) is 72.8 Å². The van der Waals surface area contributed by atoms with Crippen LogP contribution in [0.1, 0.15) is 30.6 Å². The maximum atomic E-state index is 11.8. The molecule has 0 saturated carbocycles. The van der Waals surface area contributed by atoms with Crippen LogP contribution in [0.25, 0.3) is 0 Å². The van der Waals surface area contributed by atoms with Crippen LogP contribution in [0.4, 0.5) is 0 Å². The molecule has 0 saturated heterocycles. The Morgan fingerprint density at radius 1 is 1.45 bits per heavy atom. The number of carboxylic acids is 1. The summed E-state index contributed by atoms with van der Waals surface area (Å²) in [6.07, 6.45) is 0.459. The molecule has 1 aromatic rings. The summed E-state index contributed by atoms with van der Waals surface area (Å²) >= 11 is 0. The van der Waals surface area contributed by atoms with Crippen molar-refractivity contribution in [3.63, 3.8) is 0 Å². The first-order valence-corrected chi connectivity index (χ1v) is 6.50. The molecule has 2 rings (SSSR count). The van der Waals surface area contributed by atoms with Crippen molar-refractivity contribution < 1.29 is 24.2 Å². The molecule has 1 aliphatic heterocycles. The minimum absolute atomic E-state index is 0.0615. The van der Waals surface area contributed by atoms with Crippen molar-refractivity contribution in [3.8, 4) is 0 Å². The molecule has 0 spiro atoms. The summed E-state index contributed by atoms with van der Waals surface area (Å²) in [7, 11) is 1.19. The minimum atomic E-state index is -1.61. The molecule has 5 heteroatoms. The second-order valence-corrected chi connectivity index (χ2v) is 5.14. The molecule has 1 aliphatic rings. The number of carbonyl (C=O) groups is 2. The molecule has 1 N–H and O–H groups in total. The first kappa shape index (κ1) is 14.5. The Labute approximate surface area is 117 Å². The van der Waals surface area contributed by atoms with Gasteiger partial charge in [0.15, 0.2) is 5.41 Å². The van der Waals surface area contributed by atoms with Gasteiger partial charge in [-0.1, -0.05) is 24.3 Å². The minimum Gasteiger partial charge on any atom is -0.480 e. The van der Waals surface area contributed by atoms with Gasteiger partial charge in [-0.05, 0) is 24.5 Å².